The van der Waals surface area contributed by atoms with E-state index in [0.29, 0.717) is 17.9 Å². The molecule has 154 valence electrons. The number of nitro groups is 1. The number of sulfonamides is 1. The van der Waals surface area contributed by atoms with Gasteiger partial charge in [-0.05, 0) is 50.1 Å². The number of nitro benzene ring substituents is 1. The summed E-state index contributed by atoms with van der Waals surface area (Å²) in [5, 5.41) is 13.6. The molecule has 10 heteroatoms. The quantitative estimate of drug-likeness (QED) is 0.524. The molecule has 1 amide bonds. The lowest BCUT2D eigenvalue weighted by Gasteiger charge is -2.12. The highest BCUT2D eigenvalue weighted by Crippen LogP contribution is 2.25. The maximum atomic E-state index is 12.4. The molecule has 1 atom stereocenters. The third-order valence-electron chi connectivity index (χ3n) is 4.70. The van der Waals surface area contributed by atoms with Crippen LogP contribution in [0.4, 0.5) is 11.4 Å². The van der Waals surface area contributed by atoms with Crippen molar-refractivity contribution in [3.8, 4) is 0 Å². The van der Waals surface area contributed by atoms with Crippen LogP contribution in [0.15, 0.2) is 47.4 Å². The molecule has 0 aliphatic carbocycles. The zero-order chi connectivity index (χ0) is 21.0. The number of anilines is 1. The molecule has 0 spiro atoms. The van der Waals surface area contributed by atoms with E-state index >= 15 is 0 Å². The largest absolute Gasteiger partial charge is 0.377 e. The first kappa shape index (κ1) is 20.9. The second-order valence-electron chi connectivity index (χ2n) is 6.67. The van der Waals surface area contributed by atoms with Gasteiger partial charge in [-0.15, -0.1) is 0 Å². The number of ether oxygens (including phenoxy) is 1. The molecule has 0 unspecified atom stereocenters. The number of hydrogen-bond acceptors (Lipinski definition) is 6. The van der Waals surface area contributed by atoms with Crippen LogP contribution in [0.5, 0.6) is 0 Å². The van der Waals surface area contributed by atoms with E-state index in [-0.39, 0.29) is 28.8 Å². The zero-order valence-corrected chi connectivity index (χ0v) is 16.6. The normalized spacial score (nSPS) is 16.5. The van der Waals surface area contributed by atoms with E-state index in [4.69, 9.17) is 4.74 Å². The van der Waals surface area contributed by atoms with Gasteiger partial charge in [-0.1, -0.05) is 6.07 Å². The molecule has 2 aromatic rings. The lowest BCUT2D eigenvalue weighted by Crippen LogP contribution is -2.31. The molecule has 1 aliphatic heterocycles. The van der Waals surface area contributed by atoms with Crippen molar-refractivity contribution >= 4 is 27.3 Å². The van der Waals surface area contributed by atoms with Crippen LogP contribution in [0, 0.1) is 17.0 Å². The fraction of sp³-hybridized carbons (Fsp3) is 0.316. The molecule has 0 saturated carbocycles. The van der Waals surface area contributed by atoms with E-state index in [1.807, 2.05) is 0 Å². The summed E-state index contributed by atoms with van der Waals surface area (Å²) in [6.07, 6.45) is 1.62. The van der Waals surface area contributed by atoms with Crippen molar-refractivity contribution in [2.75, 3.05) is 18.5 Å². The van der Waals surface area contributed by atoms with E-state index in [9.17, 15) is 23.3 Å². The molecular weight excluding hydrogens is 398 g/mol. The molecule has 2 aromatic carbocycles. The van der Waals surface area contributed by atoms with Crippen molar-refractivity contribution in [1.82, 2.24) is 4.72 Å². The molecule has 1 fully saturated rings. The topological polar surface area (TPSA) is 128 Å². The summed E-state index contributed by atoms with van der Waals surface area (Å²) >= 11 is 0. The summed E-state index contributed by atoms with van der Waals surface area (Å²) in [5.41, 5.74) is 0.790. The predicted octanol–water partition coefficient (Wildman–Crippen LogP) is 2.61. The van der Waals surface area contributed by atoms with Crippen LogP contribution in [0.25, 0.3) is 0 Å². The van der Waals surface area contributed by atoms with Crippen molar-refractivity contribution in [2.45, 2.75) is 30.8 Å². The van der Waals surface area contributed by atoms with Gasteiger partial charge in [-0.2, -0.15) is 0 Å². The summed E-state index contributed by atoms with van der Waals surface area (Å²) in [6.45, 7) is 2.39. The standard InChI is InChI=1S/C19H21N3O6S/c1-13-17(5-2-6-18(13)22(24)25)21-19(23)14-7-9-16(10-8-14)29(26,27)20-12-15-4-3-11-28-15/h2,5-10,15,20H,3-4,11-12H2,1H3,(H,21,23)/t15-/m1/s1. The molecule has 1 saturated heterocycles. The minimum atomic E-state index is -3.71. The Kier molecular flexibility index (Phi) is 6.26. The monoisotopic (exact) mass is 419 g/mol. The van der Waals surface area contributed by atoms with Crippen molar-refractivity contribution < 1.29 is 22.9 Å². The van der Waals surface area contributed by atoms with Gasteiger partial charge in [-0.25, -0.2) is 13.1 Å². The zero-order valence-electron chi connectivity index (χ0n) is 15.8. The number of amides is 1. The average Bonchev–Trinajstić information content (AvgIpc) is 3.22. The highest BCUT2D eigenvalue weighted by molar-refractivity contribution is 7.89. The van der Waals surface area contributed by atoms with Gasteiger partial charge in [0.2, 0.25) is 10.0 Å². The Morgan fingerprint density at radius 2 is 1.97 bits per heavy atom. The molecule has 1 aliphatic rings. The number of carbonyl (C=O) groups excluding carboxylic acids is 1. The molecular formula is C19H21N3O6S. The molecule has 0 aromatic heterocycles. The maximum Gasteiger partial charge on any atom is 0.274 e. The lowest BCUT2D eigenvalue weighted by atomic mass is 10.1. The van der Waals surface area contributed by atoms with E-state index in [2.05, 4.69) is 10.0 Å². The SMILES string of the molecule is Cc1c(NC(=O)c2ccc(S(=O)(=O)NC[C@H]3CCCO3)cc2)cccc1[N+](=O)[O-]. The van der Waals surface area contributed by atoms with Gasteiger partial charge in [0.25, 0.3) is 11.6 Å². The van der Waals surface area contributed by atoms with Crippen LogP contribution in [0.2, 0.25) is 0 Å². The molecule has 1 heterocycles. The van der Waals surface area contributed by atoms with E-state index in [0.717, 1.165) is 12.8 Å². The van der Waals surface area contributed by atoms with E-state index < -0.39 is 20.9 Å². The van der Waals surface area contributed by atoms with Gasteiger partial charge in [0.15, 0.2) is 0 Å². The second-order valence-corrected chi connectivity index (χ2v) is 8.44. The molecule has 0 bridgehead atoms. The minimum absolute atomic E-state index is 0.0403. The number of rotatable bonds is 7. The summed E-state index contributed by atoms with van der Waals surface area (Å²) < 4.78 is 32.7. The molecule has 0 radical (unpaired) electrons. The third-order valence-corrected chi connectivity index (χ3v) is 6.14. The first-order valence-corrected chi connectivity index (χ1v) is 10.5. The number of benzene rings is 2. The molecule has 2 N–H and O–H groups in total. The van der Waals surface area contributed by atoms with Gasteiger partial charge in [0, 0.05) is 24.8 Å². The number of carbonyl (C=O) groups is 1. The van der Waals surface area contributed by atoms with E-state index in [1.165, 1.54) is 36.4 Å². The average molecular weight is 419 g/mol. The van der Waals surface area contributed by atoms with Gasteiger partial charge < -0.3 is 10.1 Å². The van der Waals surface area contributed by atoms with Crippen LogP contribution in [0.3, 0.4) is 0 Å². The van der Waals surface area contributed by atoms with Gasteiger partial charge in [0.05, 0.1) is 27.2 Å². The fourth-order valence-corrected chi connectivity index (χ4v) is 4.09. The smallest absolute Gasteiger partial charge is 0.274 e. The maximum absolute atomic E-state index is 12.4. The fourth-order valence-electron chi connectivity index (χ4n) is 3.03. The third kappa shape index (κ3) is 4.97. The van der Waals surface area contributed by atoms with Crippen LogP contribution in [-0.2, 0) is 14.8 Å². The van der Waals surface area contributed by atoms with Gasteiger partial charge in [-0.3, -0.25) is 14.9 Å². The Hall–Kier alpha value is -2.82. The summed E-state index contributed by atoms with van der Waals surface area (Å²) in [4.78, 5) is 23.0. The molecule has 29 heavy (non-hydrogen) atoms. The highest BCUT2D eigenvalue weighted by Gasteiger charge is 2.21. The highest BCUT2D eigenvalue weighted by atomic mass is 32.2. The second kappa shape index (κ2) is 8.68. The van der Waals surface area contributed by atoms with Crippen LogP contribution >= 0.6 is 0 Å². The summed E-state index contributed by atoms with van der Waals surface area (Å²) in [5.74, 6) is -0.495. The van der Waals surface area contributed by atoms with Crippen molar-refractivity contribution in [3.05, 3.63) is 63.7 Å². The van der Waals surface area contributed by atoms with Crippen molar-refractivity contribution in [3.63, 3.8) is 0 Å². The van der Waals surface area contributed by atoms with Crippen LogP contribution in [-0.4, -0.2) is 38.5 Å². The first-order valence-electron chi connectivity index (χ1n) is 9.04. The molecule has 3 rings (SSSR count). The van der Waals surface area contributed by atoms with Crippen molar-refractivity contribution in [2.24, 2.45) is 0 Å². The Labute approximate surface area is 168 Å². The van der Waals surface area contributed by atoms with E-state index in [1.54, 1.807) is 13.0 Å². The molecule has 9 nitrogen and oxygen atoms in total. The van der Waals surface area contributed by atoms with Crippen LogP contribution < -0.4 is 10.0 Å². The Morgan fingerprint density at radius 1 is 1.24 bits per heavy atom. The first-order chi connectivity index (χ1) is 13.8. The van der Waals surface area contributed by atoms with Crippen LogP contribution in [0.1, 0.15) is 28.8 Å². The lowest BCUT2D eigenvalue weighted by molar-refractivity contribution is -0.385. The van der Waals surface area contributed by atoms with Gasteiger partial charge in [0.1, 0.15) is 0 Å². The number of nitrogens with zero attached hydrogens (tertiary/aromatic N) is 1. The summed E-state index contributed by atoms with van der Waals surface area (Å²) in [6, 6.07) is 9.86. The van der Waals surface area contributed by atoms with Crippen molar-refractivity contribution in [1.29, 1.82) is 0 Å². The summed E-state index contributed by atoms with van der Waals surface area (Å²) in [7, 11) is -3.71. The minimum Gasteiger partial charge on any atom is -0.377 e. The Balaban J connectivity index is 1.69. The Morgan fingerprint density at radius 3 is 2.59 bits per heavy atom. The number of nitrogens with one attached hydrogen (secondary N) is 2. The van der Waals surface area contributed by atoms with Gasteiger partial charge >= 0.3 is 0 Å². The Bertz CT molecular complexity index is 1010. The predicted molar refractivity (Wildman–Crippen MR) is 106 cm³/mol. The number of hydrogen-bond donors (Lipinski definition) is 2.